The van der Waals surface area contributed by atoms with E-state index in [0.717, 1.165) is 24.6 Å². The van der Waals surface area contributed by atoms with E-state index in [9.17, 15) is 4.79 Å². The molecule has 1 aliphatic rings. The summed E-state index contributed by atoms with van der Waals surface area (Å²) in [4.78, 5) is 10.7. The lowest BCUT2D eigenvalue weighted by Crippen LogP contribution is -2.15. The molecule has 0 bridgehead atoms. The largest absolute Gasteiger partial charge is 0.478 e. The number of hydrogen-bond acceptors (Lipinski definition) is 2. The van der Waals surface area contributed by atoms with Crippen LogP contribution in [0.1, 0.15) is 36.0 Å². The number of nitrogens with one attached hydrogen (secondary N) is 1. The number of aromatic carboxylic acids is 1. The molecule has 1 aromatic carbocycles. The van der Waals surface area contributed by atoms with Crippen LogP contribution in [-0.2, 0) is 0 Å². The molecule has 1 saturated carbocycles. The highest BCUT2D eigenvalue weighted by Crippen LogP contribution is 2.30. The Morgan fingerprint density at radius 1 is 1.47 bits per heavy atom. The highest BCUT2D eigenvalue weighted by atomic mass is 35.5. The number of halogens is 1. The molecule has 0 aromatic heterocycles. The fourth-order valence-electron chi connectivity index (χ4n) is 1.98. The third-order valence-corrected chi connectivity index (χ3v) is 3.62. The molecule has 0 unspecified atom stereocenters. The molecular weight excluding hydrogens is 238 g/mol. The number of benzene rings is 1. The number of carbonyl (C=O) groups is 1. The zero-order valence-electron chi connectivity index (χ0n) is 9.58. The van der Waals surface area contributed by atoms with Crippen molar-refractivity contribution >= 4 is 23.3 Å². The Hall–Kier alpha value is -1.22. The normalized spacial score (nSPS) is 15.4. The molecular formula is C13H16ClNO2. The zero-order chi connectivity index (χ0) is 12.3. The van der Waals surface area contributed by atoms with Gasteiger partial charge in [-0.2, -0.15) is 0 Å². The number of carboxylic acid groups (broad SMARTS) is 1. The van der Waals surface area contributed by atoms with E-state index >= 15 is 0 Å². The fraction of sp³-hybridized carbons (Fsp3) is 0.462. The number of rotatable bonds is 5. The maximum absolute atomic E-state index is 10.7. The van der Waals surface area contributed by atoms with Crippen LogP contribution in [0.2, 0.25) is 5.02 Å². The zero-order valence-corrected chi connectivity index (χ0v) is 10.3. The lowest BCUT2D eigenvalue weighted by molar-refractivity contribution is 0.0697. The van der Waals surface area contributed by atoms with Gasteiger partial charge in [0.25, 0.3) is 0 Å². The van der Waals surface area contributed by atoms with Gasteiger partial charge in [-0.25, -0.2) is 4.79 Å². The first-order chi connectivity index (χ1) is 8.16. The number of carboxylic acids is 1. The van der Waals surface area contributed by atoms with Gasteiger partial charge >= 0.3 is 5.97 Å². The van der Waals surface area contributed by atoms with Crippen LogP contribution in [0.4, 0.5) is 5.69 Å². The molecule has 0 heterocycles. The Balaban J connectivity index is 1.89. The molecule has 17 heavy (non-hydrogen) atoms. The maximum Gasteiger partial charge on any atom is 0.335 e. The van der Waals surface area contributed by atoms with Crippen molar-refractivity contribution in [2.45, 2.75) is 25.7 Å². The molecule has 0 spiro atoms. The average molecular weight is 254 g/mol. The predicted octanol–water partition coefficient (Wildman–Crippen LogP) is 3.64. The van der Waals surface area contributed by atoms with Crippen molar-refractivity contribution in [2.75, 3.05) is 11.9 Å². The Kier molecular flexibility index (Phi) is 3.89. The third-order valence-electron chi connectivity index (χ3n) is 3.31. The Morgan fingerprint density at radius 3 is 2.76 bits per heavy atom. The van der Waals surface area contributed by atoms with E-state index in [2.05, 4.69) is 5.32 Å². The Bertz CT molecular complexity index is 416. The van der Waals surface area contributed by atoms with Gasteiger partial charge in [0.1, 0.15) is 0 Å². The van der Waals surface area contributed by atoms with E-state index in [1.165, 1.54) is 25.3 Å². The van der Waals surface area contributed by atoms with Crippen LogP contribution in [-0.4, -0.2) is 17.6 Å². The van der Waals surface area contributed by atoms with Crippen molar-refractivity contribution in [3.8, 4) is 0 Å². The topological polar surface area (TPSA) is 49.3 Å². The summed E-state index contributed by atoms with van der Waals surface area (Å²) in [6, 6.07) is 4.78. The van der Waals surface area contributed by atoms with Crippen LogP contribution in [0.25, 0.3) is 0 Å². The lowest BCUT2D eigenvalue weighted by atomic mass is 9.83. The second kappa shape index (κ2) is 5.41. The van der Waals surface area contributed by atoms with E-state index in [4.69, 9.17) is 16.7 Å². The van der Waals surface area contributed by atoms with E-state index in [1.807, 2.05) is 0 Å². The summed E-state index contributed by atoms with van der Waals surface area (Å²) in [5, 5.41) is 12.5. The van der Waals surface area contributed by atoms with Crippen LogP contribution in [0.5, 0.6) is 0 Å². The SMILES string of the molecule is O=C(O)c1ccc(NCCC2CCC2)c(Cl)c1. The molecule has 0 radical (unpaired) electrons. The molecule has 0 atom stereocenters. The van der Waals surface area contributed by atoms with Gasteiger partial charge in [-0.3, -0.25) is 0 Å². The average Bonchev–Trinajstić information content (AvgIpc) is 2.23. The molecule has 1 aliphatic carbocycles. The van der Waals surface area contributed by atoms with Crippen molar-refractivity contribution < 1.29 is 9.90 Å². The van der Waals surface area contributed by atoms with Gasteiger partial charge in [-0.05, 0) is 30.5 Å². The van der Waals surface area contributed by atoms with Crippen LogP contribution in [0.15, 0.2) is 18.2 Å². The molecule has 1 aromatic rings. The molecule has 1 fully saturated rings. The summed E-state index contributed by atoms with van der Waals surface area (Å²) in [5.41, 5.74) is 1.04. The fourth-order valence-corrected chi connectivity index (χ4v) is 2.23. The highest BCUT2D eigenvalue weighted by Gasteiger charge is 2.16. The van der Waals surface area contributed by atoms with Gasteiger partial charge in [0, 0.05) is 6.54 Å². The monoisotopic (exact) mass is 253 g/mol. The third kappa shape index (κ3) is 3.13. The van der Waals surface area contributed by atoms with Gasteiger partial charge in [0.15, 0.2) is 0 Å². The van der Waals surface area contributed by atoms with Crippen LogP contribution in [0, 0.1) is 5.92 Å². The first kappa shape index (κ1) is 12.2. The van der Waals surface area contributed by atoms with Crippen molar-refractivity contribution in [3.05, 3.63) is 28.8 Å². The first-order valence-electron chi connectivity index (χ1n) is 5.93. The summed E-state index contributed by atoms with van der Waals surface area (Å²) in [7, 11) is 0. The lowest BCUT2D eigenvalue weighted by Gasteiger charge is -2.25. The summed E-state index contributed by atoms with van der Waals surface area (Å²) in [5.74, 6) is -0.0903. The maximum atomic E-state index is 10.7. The molecule has 0 amide bonds. The quantitative estimate of drug-likeness (QED) is 0.842. The molecule has 0 aliphatic heterocycles. The van der Waals surface area contributed by atoms with Crippen molar-refractivity contribution in [3.63, 3.8) is 0 Å². The highest BCUT2D eigenvalue weighted by molar-refractivity contribution is 6.33. The first-order valence-corrected chi connectivity index (χ1v) is 6.31. The Labute approximate surface area is 106 Å². The van der Waals surface area contributed by atoms with Crippen LogP contribution in [0.3, 0.4) is 0 Å². The minimum absolute atomic E-state index is 0.222. The standard InChI is InChI=1S/C13H16ClNO2/c14-11-8-10(13(16)17)4-5-12(11)15-7-6-9-2-1-3-9/h4-5,8-9,15H,1-3,6-7H2,(H,16,17). The molecule has 3 nitrogen and oxygen atoms in total. The number of hydrogen-bond donors (Lipinski definition) is 2. The smallest absolute Gasteiger partial charge is 0.335 e. The van der Waals surface area contributed by atoms with Crippen LogP contribution < -0.4 is 5.32 Å². The predicted molar refractivity (Wildman–Crippen MR) is 68.9 cm³/mol. The number of anilines is 1. The van der Waals surface area contributed by atoms with Gasteiger partial charge in [-0.1, -0.05) is 30.9 Å². The Morgan fingerprint density at radius 2 is 2.24 bits per heavy atom. The summed E-state index contributed by atoms with van der Waals surface area (Å²) >= 11 is 6.01. The van der Waals surface area contributed by atoms with E-state index < -0.39 is 5.97 Å². The second-order valence-corrected chi connectivity index (χ2v) is 4.92. The van der Waals surface area contributed by atoms with E-state index in [-0.39, 0.29) is 5.56 Å². The van der Waals surface area contributed by atoms with Gasteiger partial charge in [0.2, 0.25) is 0 Å². The van der Waals surface area contributed by atoms with Crippen LogP contribution >= 0.6 is 11.6 Å². The van der Waals surface area contributed by atoms with E-state index in [0.29, 0.717) is 5.02 Å². The molecule has 2 rings (SSSR count). The summed E-state index contributed by atoms with van der Waals surface area (Å²) in [6.45, 7) is 0.900. The summed E-state index contributed by atoms with van der Waals surface area (Å²) in [6.07, 6.45) is 5.20. The van der Waals surface area contributed by atoms with Gasteiger partial charge in [-0.15, -0.1) is 0 Å². The van der Waals surface area contributed by atoms with E-state index in [1.54, 1.807) is 12.1 Å². The molecule has 92 valence electrons. The summed E-state index contributed by atoms with van der Waals surface area (Å²) < 4.78 is 0. The molecule has 0 saturated heterocycles. The van der Waals surface area contributed by atoms with Crippen molar-refractivity contribution in [1.82, 2.24) is 0 Å². The minimum atomic E-state index is -0.951. The molecule has 4 heteroatoms. The second-order valence-electron chi connectivity index (χ2n) is 4.51. The minimum Gasteiger partial charge on any atom is -0.478 e. The van der Waals surface area contributed by atoms with Crippen molar-refractivity contribution in [1.29, 1.82) is 0 Å². The van der Waals surface area contributed by atoms with Crippen molar-refractivity contribution in [2.24, 2.45) is 5.92 Å². The molecule has 2 N–H and O–H groups in total. The van der Waals surface area contributed by atoms with Gasteiger partial charge < -0.3 is 10.4 Å². The van der Waals surface area contributed by atoms with Gasteiger partial charge in [0.05, 0.1) is 16.3 Å².